The van der Waals surface area contributed by atoms with Gasteiger partial charge in [0.2, 0.25) is 0 Å². The Labute approximate surface area is 115 Å². The zero-order valence-corrected chi connectivity index (χ0v) is 10.8. The van der Waals surface area contributed by atoms with Crippen LogP contribution in [0.5, 0.6) is 0 Å². The molecule has 0 unspecified atom stereocenters. The van der Waals surface area contributed by atoms with Gasteiger partial charge in [0.05, 0.1) is 11.4 Å². The van der Waals surface area contributed by atoms with Gasteiger partial charge in [-0.3, -0.25) is 15.7 Å². The maximum atomic E-state index is 8.68. The number of hydrogen-bond acceptors (Lipinski definition) is 3. The lowest BCUT2D eigenvalue weighted by molar-refractivity contribution is 0.389. The summed E-state index contributed by atoms with van der Waals surface area (Å²) < 4.78 is 0. The summed E-state index contributed by atoms with van der Waals surface area (Å²) in [4.78, 5) is 4.28. The first-order valence-electron chi connectivity index (χ1n) is 5.18. The molecule has 0 aliphatic heterocycles. The molecule has 0 saturated heterocycles. The Morgan fingerprint density at radius 3 is 2.17 bits per heavy atom. The third kappa shape index (κ3) is 3.47. The van der Waals surface area contributed by atoms with Crippen molar-refractivity contribution in [1.29, 1.82) is 0 Å². The van der Waals surface area contributed by atoms with Gasteiger partial charge in [0.25, 0.3) is 0 Å². The normalized spacial score (nSPS) is 10.8. The van der Waals surface area contributed by atoms with Gasteiger partial charge in [-0.05, 0) is 35.9 Å². The van der Waals surface area contributed by atoms with Crippen molar-refractivity contribution in [3.63, 3.8) is 0 Å². The van der Waals surface area contributed by atoms with E-state index >= 15 is 0 Å². The molecule has 2 N–H and O–H groups in total. The van der Waals surface area contributed by atoms with E-state index in [4.69, 9.17) is 28.4 Å². The highest BCUT2D eigenvalue weighted by molar-refractivity contribution is 6.35. The highest BCUT2D eigenvalue weighted by Gasteiger charge is 1.96. The number of aliphatic imine (C=N–C) groups is 1. The van der Waals surface area contributed by atoms with Crippen LogP contribution in [0.15, 0.2) is 47.5 Å². The Hall–Kier alpha value is -1.55. The van der Waals surface area contributed by atoms with Gasteiger partial charge in [0.15, 0.2) is 0 Å². The van der Waals surface area contributed by atoms with Crippen molar-refractivity contribution in [2.24, 2.45) is 4.99 Å². The molecule has 0 amide bonds. The van der Waals surface area contributed by atoms with Crippen molar-refractivity contribution in [3.05, 3.63) is 58.1 Å². The highest BCUT2D eigenvalue weighted by Crippen LogP contribution is 2.24. The molecule has 2 rings (SSSR count). The molecule has 0 bridgehead atoms. The van der Waals surface area contributed by atoms with Crippen LogP contribution in [0, 0.1) is 0 Å². The molecular formula is C13H10Cl2N2O. The van der Waals surface area contributed by atoms with Crippen molar-refractivity contribution < 1.29 is 5.21 Å². The number of halogens is 2. The van der Waals surface area contributed by atoms with Crippen LogP contribution in [-0.2, 0) is 0 Å². The van der Waals surface area contributed by atoms with Crippen LogP contribution in [0.1, 0.15) is 5.56 Å². The van der Waals surface area contributed by atoms with Crippen molar-refractivity contribution in [1.82, 2.24) is 0 Å². The number of rotatable bonds is 3. The Balaban J connectivity index is 2.18. The van der Waals surface area contributed by atoms with E-state index in [9.17, 15) is 0 Å². The van der Waals surface area contributed by atoms with Crippen LogP contribution in [0.4, 0.5) is 11.4 Å². The van der Waals surface area contributed by atoms with Crippen molar-refractivity contribution in [2.45, 2.75) is 0 Å². The molecule has 0 aliphatic rings. The molecule has 2 aromatic rings. The molecule has 2 aromatic carbocycles. The smallest absolute Gasteiger partial charge is 0.0659 e. The van der Waals surface area contributed by atoms with Crippen molar-refractivity contribution >= 4 is 40.8 Å². The molecule has 0 spiro atoms. The summed E-state index contributed by atoms with van der Waals surface area (Å²) in [7, 11) is 0. The van der Waals surface area contributed by atoms with Crippen molar-refractivity contribution in [2.75, 3.05) is 5.48 Å². The molecule has 0 aromatic heterocycles. The van der Waals surface area contributed by atoms with E-state index in [-0.39, 0.29) is 0 Å². The van der Waals surface area contributed by atoms with E-state index in [1.807, 2.05) is 12.1 Å². The number of nitrogens with one attached hydrogen (secondary N) is 1. The maximum Gasteiger partial charge on any atom is 0.0659 e. The molecule has 0 heterocycles. The van der Waals surface area contributed by atoms with Crippen LogP contribution in [-0.4, -0.2) is 11.4 Å². The first-order valence-corrected chi connectivity index (χ1v) is 5.93. The Morgan fingerprint density at radius 1 is 1.00 bits per heavy atom. The van der Waals surface area contributed by atoms with Gasteiger partial charge in [0, 0.05) is 16.3 Å². The van der Waals surface area contributed by atoms with E-state index in [1.165, 1.54) is 0 Å². The molecule has 0 saturated carbocycles. The predicted molar refractivity (Wildman–Crippen MR) is 75.6 cm³/mol. The molecule has 3 nitrogen and oxygen atoms in total. The Morgan fingerprint density at radius 2 is 1.61 bits per heavy atom. The topological polar surface area (TPSA) is 44.6 Å². The van der Waals surface area contributed by atoms with Gasteiger partial charge in [0.1, 0.15) is 0 Å². The highest BCUT2D eigenvalue weighted by atomic mass is 35.5. The molecule has 0 fully saturated rings. The summed E-state index contributed by atoms with van der Waals surface area (Å²) >= 11 is 11.8. The molecular weight excluding hydrogens is 271 g/mol. The summed E-state index contributed by atoms with van der Waals surface area (Å²) in [5.74, 6) is 0. The van der Waals surface area contributed by atoms with Crippen LogP contribution in [0.3, 0.4) is 0 Å². The monoisotopic (exact) mass is 280 g/mol. The lowest BCUT2D eigenvalue weighted by Crippen LogP contribution is -1.88. The summed E-state index contributed by atoms with van der Waals surface area (Å²) in [5.41, 5.74) is 4.29. The van der Waals surface area contributed by atoms with Gasteiger partial charge in [-0.15, -0.1) is 0 Å². The van der Waals surface area contributed by atoms with Gasteiger partial charge in [-0.2, -0.15) is 0 Å². The van der Waals surface area contributed by atoms with Crippen LogP contribution in [0.2, 0.25) is 10.0 Å². The molecule has 0 aliphatic carbocycles. The fourth-order valence-electron chi connectivity index (χ4n) is 1.41. The van der Waals surface area contributed by atoms with E-state index in [0.29, 0.717) is 21.4 Å². The standard InChI is InChI=1S/C13H10Cl2N2O/c14-10-5-11(15)7-13(6-10)16-8-9-1-3-12(17-18)4-2-9/h1-8,17-18H. The van der Waals surface area contributed by atoms with E-state index in [2.05, 4.69) is 10.5 Å². The minimum atomic E-state index is 0.550. The summed E-state index contributed by atoms with van der Waals surface area (Å²) in [6, 6.07) is 12.3. The predicted octanol–water partition coefficient (Wildman–Crippen LogP) is 4.55. The average Bonchev–Trinajstić information content (AvgIpc) is 2.36. The molecule has 18 heavy (non-hydrogen) atoms. The number of nitrogens with zero attached hydrogens (tertiary/aromatic N) is 1. The second-order valence-corrected chi connectivity index (χ2v) is 4.49. The Bertz CT molecular complexity index is 547. The van der Waals surface area contributed by atoms with Gasteiger partial charge in [-0.1, -0.05) is 35.3 Å². The third-order valence-electron chi connectivity index (χ3n) is 2.25. The average molecular weight is 281 g/mol. The number of hydrogen-bond donors (Lipinski definition) is 2. The van der Waals surface area contributed by atoms with Crippen LogP contribution >= 0.6 is 23.2 Å². The van der Waals surface area contributed by atoms with Crippen LogP contribution < -0.4 is 5.48 Å². The zero-order chi connectivity index (χ0) is 13.0. The third-order valence-corrected chi connectivity index (χ3v) is 2.69. The summed E-state index contributed by atoms with van der Waals surface area (Å²) in [6.45, 7) is 0. The minimum Gasteiger partial charge on any atom is -0.291 e. The zero-order valence-electron chi connectivity index (χ0n) is 9.27. The lowest BCUT2D eigenvalue weighted by atomic mass is 10.2. The molecule has 0 radical (unpaired) electrons. The molecule has 5 heteroatoms. The molecule has 92 valence electrons. The van der Waals surface area contributed by atoms with E-state index < -0.39 is 0 Å². The first kappa shape index (κ1) is 12.9. The second kappa shape index (κ2) is 5.87. The van der Waals surface area contributed by atoms with Gasteiger partial charge in [-0.25, -0.2) is 0 Å². The van der Waals surface area contributed by atoms with E-state index in [1.54, 1.807) is 36.5 Å². The minimum absolute atomic E-state index is 0.550. The van der Waals surface area contributed by atoms with Crippen LogP contribution in [0.25, 0.3) is 0 Å². The largest absolute Gasteiger partial charge is 0.291 e. The van der Waals surface area contributed by atoms with Gasteiger partial charge < -0.3 is 0 Å². The maximum absolute atomic E-state index is 8.68. The Kier molecular flexibility index (Phi) is 4.20. The molecule has 0 atom stereocenters. The SMILES string of the molecule is ONc1ccc(C=Nc2cc(Cl)cc(Cl)c2)cc1. The lowest BCUT2D eigenvalue weighted by Gasteiger charge is -1.99. The van der Waals surface area contributed by atoms with Crippen molar-refractivity contribution in [3.8, 4) is 0 Å². The quantitative estimate of drug-likeness (QED) is 0.640. The van der Waals surface area contributed by atoms with Gasteiger partial charge >= 0.3 is 0 Å². The number of anilines is 1. The van der Waals surface area contributed by atoms with E-state index in [0.717, 1.165) is 5.56 Å². The fraction of sp³-hybridized carbons (Fsp3) is 0. The fourth-order valence-corrected chi connectivity index (χ4v) is 1.92. The summed E-state index contributed by atoms with van der Waals surface area (Å²) in [6.07, 6.45) is 1.70. The number of benzene rings is 2. The second-order valence-electron chi connectivity index (χ2n) is 3.62. The first-order chi connectivity index (χ1) is 8.67. The summed E-state index contributed by atoms with van der Waals surface area (Å²) in [5, 5.41) is 9.79.